The zero-order valence-corrected chi connectivity index (χ0v) is 18.3. The van der Waals surface area contributed by atoms with Gasteiger partial charge in [-0.3, -0.25) is 14.2 Å². The van der Waals surface area contributed by atoms with E-state index in [0.29, 0.717) is 28.7 Å². The number of halogens is 2. The molecule has 0 fully saturated rings. The maximum Gasteiger partial charge on any atom is 0.270 e. The predicted octanol–water partition coefficient (Wildman–Crippen LogP) is 3.37. The molecule has 160 valence electrons. The highest BCUT2D eigenvalue weighted by Gasteiger charge is 2.24. The summed E-state index contributed by atoms with van der Waals surface area (Å²) in [5.74, 6) is -0.781. The highest BCUT2D eigenvalue weighted by molar-refractivity contribution is 7.99. The van der Waals surface area contributed by atoms with Crippen LogP contribution in [0.25, 0.3) is 0 Å². The average molecular weight is 479 g/mol. The van der Waals surface area contributed by atoms with Crippen LogP contribution in [0.3, 0.4) is 0 Å². The molecule has 0 atom stereocenters. The first-order valence-electron chi connectivity index (χ1n) is 9.23. The summed E-state index contributed by atoms with van der Waals surface area (Å²) in [6.07, 6.45) is 3.62. The SMILES string of the molecule is Nc1nc(Cl)cnc1Sc1cccc(NC(=O)c2c(O)nc3n(c2=O)CCCC3)c1Cl. The maximum atomic E-state index is 12.8. The van der Waals surface area contributed by atoms with Crippen molar-refractivity contribution in [1.82, 2.24) is 19.5 Å². The summed E-state index contributed by atoms with van der Waals surface area (Å²) >= 11 is 13.4. The van der Waals surface area contributed by atoms with Gasteiger partial charge < -0.3 is 16.2 Å². The molecule has 1 aromatic carbocycles. The molecule has 0 saturated heterocycles. The number of rotatable bonds is 4. The lowest BCUT2D eigenvalue weighted by Gasteiger charge is -2.18. The molecule has 9 nitrogen and oxygen atoms in total. The smallest absolute Gasteiger partial charge is 0.270 e. The van der Waals surface area contributed by atoms with Gasteiger partial charge in [-0.2, -0.15) is 4.98 Å². The molecule has 3 heterocycles. The van der Waals surface area contributed by atoms with Gasteiger partial charge in [-0.25, -0.2) is 9.97 Å². The van der Waals surface area contributed by atoms with Crippen LogP contribution < -0.4 is 16.6 Å². The molecule has 1 aliphatic heterocycles. The van der Waals surface area contributed by atoms with Gasteiger partial charge in [-0.1, -0.05) is 41.0 Å². The Kier molecular flexibility index (Phi) is 6.03. The van der Waals surface area contributed by atoms with E-state index in [4.69, 9.17) is 28.9 Å². The Bertz CT molecular complexity index is 1250. The van der Waals surface area contributed by atoms with Crippen LogP contribution in [0.5, 0.6) is 5.88 Å². The quantitative estimate of drug-likeness (QED) is 0.518. The summed E-state index contributed by atoms with van der Waals surface area (Å²) in [4.78, 5) is 38.2. The number of carbonyl (C=O) groups excluding carboxylic acids is 1. The fraction of sp³-hybridized carbons (Fsp3) is 0.211. The van der Waals surface area contributed by atoms with Crippen molar-refractivity contribution >= 4 is 52.4 Å². The van der Waals surface area contributed by atoms with E-state index in [1.165, 1.54) is 10.8 Å². The number of nitrogens with zero attached hydrogens (tertiary/aromatic N) is 4. The molecule has 4 rings (SSSR count). The largest absolute Gasteiger partial charge is 0.493 e. The minimum Gasteiger partial charge on any atom is -0.493 e. The van der Waals surface area contributed by atoms with E-state index in [0.717, 1.165) is 24.6 Å². The molecule has 1 aliphatic rings. The van der Waals surface area contributed by atoms with Gasteiger partial charge >= 0.3 is 0 Å². The number of hydrogen-bond donors (Lipinski definition) is 3. The highest BCUT2D eigenvalue weighted by Crippen LogP contribution is 2.38. The summed E-state index contributed by atoms with van der Waals surface area (Å²) in [6.45, 7) is 0.457. The first-order valence-corrected chi connectivity index (χ1v) is 10.8. The summed E-state index contributed by atoms with van der Waals surface area (Å²) in [5, 5.41) is 13.6. The number of aromatic nitrogens is 4. The molecule has 4 N–H and O–H groups in total. The molecule has 0 radical (unpaired) electrons. The number of nitrogens with one attached hydrogen (secondary N) is 1. The van der Waals surface area contributed by atoms with E-state index < -0.39 is 22.9 Å². The maximum absolute atomic E-state index is 12.8. The molecule has 0 spiro atoms. The van der Waals surface area contributed by atoms with Gasteiger partial charge in [-0.15, -0.1) is 0 Å². The zero-order chi connectivity index (χ0) is 22.1. The van der Waals surface area contributed by atoms with Gasteiger partial charge in [0.05, 0.1) is 16.9 Å². The lowest BCUT2D eigenvalue weighted by molar-refractivity contribution is 0.102. The third-order valence-corrected chi connectivity index (χ3v) is 6.41. The van der Waals surface area contributed by atoms with Crippen molar-refractivity contribution in [1.29, 1.82) is 0 Å². The van der Waals surface area contributed by atoms with E-state index in [1.807, 2.05) is 0 Å². The van der Waals surface area contributed by atoms with Crippen LogP contribution in [0.4, 0.5) is 11.5 Å². The van der Waals surface area contributed by atoms with Crippen molar-refractivity contribution in [2.24, 2.45) is 0 Å². The Morgan fingerprint density at radius 3 is 2.84 bits per heavy atom. The minimum atomic E-state index is -0.800. The van der Waals surface area contributed by atoms with Gasteiger partial charge in [0.15, 0.2) is 11.4 Å². The summed E-state index contributed by atoms with van der Waals surface area (Å²) < 4.78 is 1.42. The van der Waals surface area contributed by atoms with E-state index in [9.17, 15) is 14.7 Å². The number of fused-ring (bicyclic) bond motifs is 1. The Balaban J connectivity index is 1.63. The van der Waals surface area contributed by atoms with Crippen LogP contribution in [-0.4, -0.2) is 30.5 Å². The summed E-state index contributed by atoms with van der Waals surface area (Å²) in [5.41, 5.74) is 5.09. The fourth-order valence-electron chi connectivity index (χ4n) is 3.18. The molecular formula is C19H16Cl2N6O3S. The normalized spacial score (nSPS) is 13.0. The van der Waals surface area contributed by atoms with E-state index in [2.05, 4.69) is 20.3 Å². The van der Waals surface area contributed by atoms with Gasteiger partial charge in [0, 0.05) is 17.9 Å². The van der Waals surface area contributed by atoms with Crippen LogP contribution in [0.15, 0.2) is 39.1 Å². The first-order chi connectivity index (χ1) is 14.8. The second kappa shape index (κ2) is 8.74. The number of carbonyl (C=O) groups is 1. The van der Waals surface area contributed by atoms with Crippen molar-refractivity contribution in [3.8, 4) is 5.88 Å². The van der Waals surface area contributed by atoms with Gasteiger partial charge in [0.2, 0.25) is 5.88 Å². The predicted molar refractivity (Wildman–Crippen MR) is 118 cm³/mol. The van der Waals surface area contributed by atoms with Crippen LogP contribution in [-0.2, 0) is 13.0 Å². The Hall–Kier alpha value is -2.82. The third-order valence-electron chi connectivity index (χ3n) is 4.64. The zero-order valence-electron chi connectivity index (χ0n) is 15.9. The summed E-state index contributed by atoms with van der Waals surface area (Å²) in [6, 6.07) is 4.95. The Morgan fingerprint density at radius 1 is 1.26 bits per heavy atom. The Labute approximate surface area is 190 Å². The molecule has 31 heavy (non-hydrogen) atoms. The van der Waals surface area contributed by atoms with Crippen LogP contribution in [0, 0.1) is 0 Å². The number of benzene rings is 1. The minimum absolute atomic E-state index is 0.140. The highest BCUT2D eigenvalue weighted by atomic mass is 35.5. The van der Waals surface area contributed by atoms with Crippen molar-refractivity contribution in [2.75, 3.05) is 11.1 Å². The van der Waals surface area contributed by atoms with E-state index in [1.54, 1.807) is 18.2 Å². The van der Waals surface area contributed by atoms with Crippen molar-refractivity contribution in [3.63, 3.8) is 0 Å². The molecular weight excluding hydrogens is 463 g/mol. The fourth-order valence-corrected chi connectivity index (χ4v) is 4.42. The van der Waals surface area contributed by atoms with Crippen LogP contribution in [0.2, 0.25) is 10.2 Å². The molecule has 1 amide bonds. The average Bonchev–Trinajstić information content (AvgIpc) is 2.73. The van der Waals surface area contributed by atoms with E-state index >= 15 is 0 Å². The number of aryl methyl sites for hydroxylation is 1. The third kappa shape index (κ3) is 4.32. The molecule has 2 aromatic heterocycles. The summed E-state index contributed by atoms with van der Waals surface area (Å²) in [7, 11) is 0. The topological polar surface area (TPSA) is 136 Å². The van der Waals surface area contributed by atoms with Gasteiger partial charge in [0.1, 0.15) is 16.0 Å². The molecule has 0 saturated carbocycles. The second-order valence-corrected chi connectivity index (χ2v) is 8.49. The van der Waals surface area contributed by atoms with E-state index in [-0.39, 0.29) is 21.7 Å². The number of nitrogens with two attached hydrogens (primary N) is 1. The number of hydrogen-bond acceptors (Lipinski definition) is 8. The molecule has 3 aromatic rings. The van der Waals surface area contributed by atoms with Crippen molar-refractivity contribution in [3.05, 3.63) is 56.3 Å². The van der Waals surface area contributed by atoms with Gasteiger partial charge in [-0.05, 0) is 25.0 Å². The lowest BCUT2D eigenvalue weighted by Crippen LogP contribution is -2.34. The molecule has 0 unspecified atom stereocenters. The van der Waals surface area contributed by atoms with Crippen LogP contribution >= 0.6 is 35.0 Å². The monoisotopic (exact) mass is 478 g/mol. The Morgan fingerprint density at radius 2 is 2.06 bits per heavy atom. The lowest BCUT2D eigenvalue weighted by atomic mass is 10.1. The number of amides is 1. The second-order valence-electron chi connectivity index (χ2n) is 6.70. The molecule has 0 aliphatic carbocycles. The first kappa shape index (κ1) is 21.4. The van der Waals surface area contributed by atoms with Crippen LogP contribution in [0.1, 0.15) is 29.0 Å². The number of aromatic hydroxyl groups is 1. The molecule has 12 heteroatoms. The molecule has 0 bridgehead atoms. The van der Waals surface area contributed by atoms with Crippen molar-refractivity contribution < 1.29 is 9.90 Å². The van der Waals surface area contributed by atoms with Crippen molar-refractivity contribution in [2.45, 2.75) is 35.7 Å². The number of anilines is 2. The number of nitrogen functional groups attached to an aromatic ring is 1. The van der Waals surface area contributed by atoms with Gasteiger partial charge in [0.25, 0.3) is 11.5 Å². The standard InChI is InChI=1S/C19H16Cl2N6O3S/c20-11-8-23-18(15(22)25-11)31-10-5-3-4-9(14(10)21)24-16(28)13-17(29)26-12-6-1-2-7-27(12)19(13)30/h3-5,8,29H,1-2,6-7H2,(H2,22,25)(H,24,28).